The van der Waals surface area contributed by atoms with Crippen LogP contribution in [0.1, 0.15) is 26.3 Å². The highest BCUT2D eigenvalue weighted by atomic mass is 32.1. The molecule has 0 atom stereocenters. The lowest BCUT2D eigenvalue weighted by Crippen LogP contribution is -2.11. The molecule has 0 saturated heterocycles. The first kappa shape index (κ1) is 20.0. The second kappa shape index (κ2) is 7.19. The van der Waals surface area contributed by atoms with Gasteiger partial charge in [-0.15, -0.1) is 11.3 Å². The van der Waals surface area contributed by atoms with E-state index in [0.29, 0.717) is 0 Å². The first-order chi connectivity index (χ1) is 15.9. The molecule has 6 rings (SSSR count). The van der Waals surface area contributed by atoms with Crippen molar-refractivity contribution in [2.24, 2.45) is 0 Å². The number of para-hydroxylation sites is 3. The molecule has 6 aromatic rings. The molecule has 0 spiro atoms. The predicted molar refractivity (Wildman–Crippen MR) is 138 cm³/mol. The number of thiazole rings is 1. The molecule has 0 fully saturated rings. The van der Waals surface area contributed by atoms with Crippen LogP contribution in [0.5, 0.6) is 5.75 Å². The molecule has 0 amide bonds. The number of benzene rings is 4. The summed E-state index contributed by atoms with van der Waals surface area (Å²) in [6, 6.07) is 26.3. The number of aromatic hydroxyl groups is 1. The van der Waals surface area contributed by atoms with E-state index >= 15 is 0 Å². The van der Waals surface area contributed by atoms with Crippen molar-refractivity contribution < 1.29 is 9.52 Å². The minimum absolute atomic E-state index is 0.0241. The first-order valence-corrected chi connectivity index (χ1v) is 11.9. The van der Waals surface area contributed by atoms with Crippen LogP contribution in [0.25, 0.3) is 53.9 Å². The Bertz CT molecular complexity index is 1670. The number of furan rings is 1. The Kier molecular flexibility index (Phi) is 4.36. The third-order valence-electron chi connectivity index (χ3n) is 6.19. The van der Waals surface area contributed by atoms with Crippen LogP contribution in [0.4, 0.5) is 0 Å². The second-order valence-corrected chi connectivity index (χ2v) is 10.5. The maximum absolute atomic E-state index is 10.4. The summed E-state index contributed by atoms with van der Waals surface area (Å²) in [6.45, 7) is 6.68. The number of phenolic OH excluding ortho intramolecular Hbond substituents is 1. The molecule has 33 heavy (non-hydrogen) atoms. The van der Waals surface area contributed by atoms with Gasteiger partial charge in [0.05, 0.1) is 15.8 Å². The van der Waals surface area contributed by atoms with Gasteiger partial charge in [-0.3, -0.25) is 0 Å². The zero-order valence-corrected chi connectivity index (χ0v) is 19.5. The Balaban J connectivity index is 1.69. The lowest BCUT2D eigenvalue weighted by atomic mass is 9.85. The van der Waals surface area contributed by atoms with Crippen LogP contribution in [-0.4, -0.2) is 10.1 Å². The van der Waals surface area contributed by atoms with Crippen molar-refractivity contribution >= 4 is 43.5 Å². The maximum atomic E-state index is 10.4. The summed E-state index contributed by atoms with van der Waals surface area (Å²) in [7, 11) is 0. The van der Waals surface area contributed by atoms with Crippen molar-refractivity contribution in [3.63, 3.8) is 0 Å². The quantitative estimate of drug-likeness (QED) is 0.288. The molecule has 0 aliphatic carbocycles. The normalized spacial score (nSPS) is 12.2. The largest absolute Gasteiger partial charge is 0.507 e. The van der Waals surface area contributed by atoms with Gasteiger partial charge in [0.25, 0.3) is 0 Å². The van der Waals surface area contributed by atoms with E-state index < -0.39 is 0 Å². The van der Waals surface area contributed by atoms with E-state index in [4.69, 9.17) is 9.40 Å². The van der Waals surface area contributed by atoms with Gasteiger partial charge >= 0.3 is 0 Å². The maximum Gasteiger partial charge on any atom is 0.143 e. The summed E-state index contributed by atoms with van der Waals surface area (Å²) in [5.41, 5.74) is 6.76. The molecule has 4 aromatic carbocycles. The Morgan fingerprint density at radius 1 is 0.788 bits per heavy atom. The van der Waals surface area contributed by atoms with Gasteiger partial charge in [0.15, 0.2) is 0 Å². The van der Waals surface area contributed by atoms with Gasteiger partial charge < -0.3 is 9.52 Å². The molecule has 3 nitrogen and oxygen atoms in total. The predicted octanol–water partition coefficient (Wildman–Crippen LogP) is 8.53. The Morgan fingerprint density at radius 3 is 2.33 bits per heavy atom. The SMILES string of the molecule is CC(C)(C)c1cc(-c2cccc3c2oc2ccccc23)c2nc(-c3ccccc3O)sc2c1. The van der Waals surface area contributed by atoms with Gasteiger partial charge in [0.2, 0.25) is 0 Å². The lowest BCUT2D eigenvalue weighted by Gasteiger charge is -2.20. The third-order valence-corrected chi connectivity index (χ3v) is 7.23. The minimum atomic E-state index is -0.0241. The van der Waals surface area contributed by atoms with Crippen molar-refractivity contribution in [2.45, 2.75) is 26.2 Å². The van der Waals surface area contributed by atoms with Gasteiger partial charge in [-0.1, -0.05) is 69.3 Å². The Morgan fingerprint density at radius 2 is 1.52 bits per heavy atom. The summed E-state index contributed by atoms with van der Waals surface area (Å²) in [5.74, 6) is 0.244. The summed E-state index contributed by atoms with van der Waals surface area (Å²) in [6.07, 6.45) is 0. The van der Waals surface area contributed by atoms with Gasteiger partial charge in [-0.05, 0) is 41.3 Å². The molecule has 0 aliphatic rings. The third kappa shape index (κ3) is 3.21. The molecule has 2 heterocycles. The highest BCUT2D eigenvalue weighted by Gasteiger charge is 2.22. The van der Waals surface area contributed by atoms with Crippen LogP contribution in [0.3, 0.4) is 0 Å². The fraction of sp³-hybridized carbons (Fsp3) is 0.138. The fourth-order valence-electron chi connectivity index (χ4n) is 4.40. The topological polar surface area (TPSA) is 46.3 Å². The number of fused-ring (bicyclic) bond motifs is 4. The molecule has 0 radical (unpaired) electrons. The number of nitrogens with zero attached hydrogens (tertiary/aromatic N) is 1. The van der Waals surface area contributed by atoms with Gasteiger partial charge in [0.1, 0.15) is 21.9 Å². The summed E-state index contributed by atoms with van der Waals surface area (Å²) < 4.78 is 7.46. The first-order valence-electron chi connectivity index (χ1n) is 11.0. The molecule has 162 valence electrons. The van der Waals surface area contributed by atoms with E-state index in [0.717, 1.165) is 53.9 Å². The van der Waals surface area contributed by atoms with Crippen LogP contribution >= 0.6 is 11.3 Å². The van der Waals surface area contributed by atoms with E-state index in [2.05, 4.69) is 57.2 Å². The molecular formula is C29H23NO2S. The van der Waals surface area contributed by atoms with E-state index in [9.17, 15) is 5.11 Å². The molecule has 0 aliphatic heterocycles. The van der Waals surface area contributed by atoms with Crippen molar-refractivity contribution in [1.82, 2.24) is 4.98 Å². The monoisotopic (exact) mass is 449 g/mol. The van der Waals surface area contributed by atoms with Crippen LogP contribution in [0.2, 0.25) is 0 Å². The van der Waals surface area contributed by atoms with Crippen LogP contribution in [-0.2, 0) is 5.41 Å². The molecule has 0 unspecified atom stereocenters. The van der Waals surface area contributed by atoms with Crippen molar-refractivity contribution in [2.75, 3.05) is 0 Å². The second-order valence-electron chi connectivity index (χ2n) is 9.44. The zero-order valence-electron chi connectivity index (χ0n) is 18.7. The molecular weight excluding hydrogens is 426 g/mol. The average molecular weight is 450 g/mol. The molecule has 0 bridgehead atoms. The van der Waals surface area contributed by atoms with Crippen LogP contribution in [0, 0.1) is 0 Å². The van der Waals surface area contributed by atoms with Gasteiger partial charge in [-0.25, -0.2) is 4.98 Å². The standard InChI is InChI=1S/C29H23NO2S/c1-29(2,3)17-15-22(20-12-8-11-19-18-9-5-7-14-24(18)32-27(19)20)26-25(16-17)33-28(30-26)21-10-4-6-13-23(21)31/h4-16,31H,1-3H3. The Hall–Kier alpha value is -3.63. The number of aromatic nitrogens is 1. The number of phenols is 1. The number of rotatable bonds is 2. The van der Waals surface area contributed by atoms with Gasteiger partial charge in [-0.2, -0.15) is 0 Å². The smallest absolute Gasteiger partial charge is 0.143 e. The highest BCUT2D eigenvalue weighted by Crippen LogP contribution is 2.43. The summed E-state index contributed by atoms with van der Waals surface area (Å²) in [4.78, 5) is 5.02. The van der Waals surface area contributed by atoms with E-state index in [1.54, 1.807) is 17.4 Å². The fourth-order valence-corrected chi connectivity index (χ4v) is 5.46. The summed E-state index contributed by atoms with van der Waals surface area (Å²) in [5, 5.41) is 13.5. The highest BCUT2D eigenvalue weighted by molar-refractivity contribution is 7.21. The van der Waals surface area contributed by atoms with Crippen LogP contribution in [0.15, 0.2) is 83.3 Å². The van der Waals surface area contributed by atoms with E-state index in [-0.39, 0.29) is 11.2 Å². The Labute approximate surface area is 195 Å². The van der Waals surface area contributed by atoms with Crippen molar-refractivity contribution in [1.29, 1.82) is 0 Å². The van der Waals surface area contributed by atoms with Gasteiger partial charge in [0, 0.05) is 21.9 Å². The summed E-state index contributed by atoms with van der Waals surface area (Å²) >= 11 is 1.61. The molecule has 2 aromatic heterocycles. The molecule has 1 N–H and O–H groups in total. The van der Waals surface area contributed by atoms with Crippen LogP contribution < -0.4 is 0 Å². The zero-order chi connectivity index (χ0) is 22.7. The molecule has 4 heteroatoms. The van der Waals surface area contributed by atoms with Crippen molar-refractivity contribution in [3.8, 4) is 27.4 Å². The number of hydrogen-bond donors (Lipinski definition) is 1. The minimum Gasteiger partial charge on any atom is -0.507 e. The molecule has 0 saturated carbocycles. The average Bonchev–Trinajstić information content (AvgIpc) is 3.39. The van der Waals surface area contributed by atoms with E-state index in [1.165, 1.54) is 5.56 Å². The lowest BCUT2D eigenvalue weighted by molar-refractivity contribution is 0.477. The van der Waals surface area contributed by atoms with Crippen molar-refractivity contribution in [3.05, 3.63) is 84.4 Å². The van der Waals surface area contributed by atoms with E-state index in [1.807, 2.05) is 36.4 Å². The number of hydrogen-bond acceptors (Lipinski definition) is 4.